The number of aromatic nitrogens is 1. The van der Waals surface area contributed by atoms with Crippen molar-refractivity contribution in [1.82, 2.24) is 4.40 Å². The smallest absolute Gasteiger partial charge is 0.416 e. The zero-order valence-corrected chi connectivity index (χ0v) is 17.1. The van der Waals surface area contributed by atoms with Crippen LogP contribution < -0.4 is 4.74 Å². The molecule has 4 nitrogen and oxygen atoms in total. The van der Waals surface area contributed by atoms with E-state index in [1.54, 1.807) is 18.3 Å². The predicted molar refractivity (Wildman–Crippen MR) is 106 cm³/mol. The summed E-state index contributed by atoms with van der Waals surface area (Å²) >= 11 is 0. The van der Waals surface area contributed by atoms with Crippen LogP contribution in [0, 0.1) is 0 Å². The van der Waals surface area contributed by atoms with E-state index < -0.39 is 36.1 Å². The van der Waals surface area contributed by atoms with Crippen LogP contribution in [-0.4, -0.2) is 15.5 Å². The summed E-state index contributed by atoms with van der Waals surface area (Å²) in [4.78, 5) is 11.2. The van der Waals surface area contributed by atoms with Crippen molar-refractivity contribution >= 4 is 11.5 Å². The molecule has 1 aliphatic carbocycles. The van der Waals surface area contributed by atoms with Crippen LogP contribution in [0.5, 0.6) is 5.75 Å². The number of carboxylic acids is 1. The molecule has 33 heavy (non-hydrogen) atoms. The standard InChI is InChI=1S/C23H19F6NO3/c24-22(25,26)15-6-13(7-16(9-15)23(27,28)29)12-33-18-4-5-30-17(10-18)11-19-14(8-21(31)32)2-1-3-20(19)30/h4-7,9-11,14H,1-3,8,12H2,(H,31,32). The van der Waals surface area contributed by atoms with Gasteiger partial charge in [-0.05, 0) is 66.6 Å². The van der Waals surface area contributed by atoms with Crippen LogP contribution in [0.1, 0.15) is 53.1 Å². The molecule has 2 aromatic heterocycles. The van der Waals surface area contributed by atoms with E-state index in [0.717, 1.165) is 36.0 Å². The first kappa shape index (κ1) is 23.0. The van der Waals surface area contributed by atoms with Crippen LogP contribution in [0.3, 0.4) is 0 Å². The molecule has 1 aliphatic rings. The van der Waals surface area contributed by atoms with Gasteiger partial charge in [0, 0.05) is 23.5 Å². The molecule has 0 aliphatic heterocycles. The van der Waals surface area contributed by atoms with E-state index >= 15 is 0 Å². The molecule has 0 saturated carbocycles. The number of carbonyl (C=O) groups is 1. The molecule has 1 aromatic carbocycles. The molecular weight excluding hydrogens is 452 g/mol. The number of hydrogen-bond acceptors (Lipinski definition) is 2. The second-order valence-electron chi connectivity index (χ2n) is 8.09. The molecule has 4 rings (SSSR count). The Kier molecular flexibility index (Phi) is 5.79. The number of aliphatic carboxylic acids is 1. The van der Waals surface area contributed by atoms with E-state index in [0.29, 0.717) is 12.1 Å². The molecule has 0 amide bonds. The highest BCUT2D eigenvalue weighted by atomic mass is 19.4. The first-order chi connectivity index (χ1) is 15.4. The summed E-state index contributed by atoms with van der Waals surface area (Å²) in [5.74, 6) is -0.717. The number of halogens is 6. The summed E-state index contributed by atoms with van der Waals surface area (Å²) in [7, 11) is 0. The molecule has 1 unspecified atom stereocenters. The van der Waals surface area contributed by atoms with Crippen molar-refractivity contribution in [2.24, 2.45) is 0 Å². The number of aryl methyl sites for hydroxylation is 1. The Morgan fingerprint density at radius 1 is 1.03 bits per heavy atom. The number of hydrogen-bond donors (Lipinski definition) is 1. The van der Waals surface area contributed by atoms with Gasteiger partial charge < -0.3 is 14.2 Å². The van der Waals surface area contributed by atoms with Gasteiger partial charge in [0.2, 0.25) is 0 Å². The number of carboxylic acid groups (broad SMARTS) is 1. The highest BCUT2D eigenvalue weighted by Crippen LogP contribution is 2.38. The fraction of sp³-hybridized carbons (Fsp3) is 0.348. The molecule has 0 spiro atoms. The monoisotopic (exact) mass is 471 g/mol. The van der Waals surface area contributed by atoms with Crippen molar-refractivity contribution in [1.29, 1.82) is 0 Å². The van der Waals surface area contributed by atoms with Crippen molar-refractivity contribution in [3.05, 3.63) is 70.5 Å². The van der Waals surface area contributed by atoms with Gasteiger partial charge in [-0.1, -0.05) is 0 Å². The zero-order chi connectivity index (χ0) is 24.0. The molecule has 2 heterocycles. The number of fused-ring (bicyclic) bond motifs is 3. The van der Waals surface area contributed by atoms with Gasteiger partial charge in [-0.25, -0.2) is 0 Å². The summed E-state index contributed by atoms with van der Waals surface area (Å²) < 4.78 is 85.7. The van der Waals surface area contributed by atoms with Crippen LogP contribution in [-0.2, 0) is 30.2 Å². The topological polar surface area (TPSA) is 50.9 Å². The average Bonchev–Trinajstić information content (AvgIpc) is 3.09. The Balaban J connectivity index is 1.60. The van der Waals surface area contributed by atoms with E-state index in [4.69, 9.17) is 9.84 Å². The third-order valence-electron chi connectivity index (χ3n) is 5.76. The maximum absolute atomic E-state index is 13.0. The summed E-state index contributed by atoms with van der Waals surface area (Å²) in [6.07, 6.45) is -5.73. The van der Waals surface area contributed by atoms with Gasteiger partial charge in [0.05, 0.1) is 17.5 Å². The van der Waals surface area contributed by atoms with Gasteiger partial charge in [0.1, 0.15) is 12.4 Å². The number of benzene rings is 1. The molecule has 0 bridgehead atoms. The third kappa shape index (κ3) is 4.94. The lowest BCUT2D eigenvalue weighted by atomic mass is 9.85. The van der Waals surface area contributed by atoms with E-state index in [1.165, 1.54) is 0 Å². The minimum atomic E-state index is -4.92. The summed E-state index contributed by atoms with van der Waals surface area (Å²) in [6.45, 7) is -0.481. The molecule has 1 atom stereocenters. The fourth-order valence-corrected chi connectivity index (χ4v) is 4.31. The lowest BCUT2D eigenvalue weighted by Gasteiger charge is -2.21. The number of nitrogens with zero attached hydrogens (tertiary/aromatic N) is 1. The molecule has 0 saturated heterocycles. The summed E-state index contributed by atoms with van der Waals surface area (Å²) in [5.41, 5.74) is -0.386. The first-order valence-electron chi connectivity index (χ1n) is 10.2. The van der Waals surface area contributed by atoms with Crippen molar-refractivity contribution in [2.75, 3.05) is 0 Å². The Morgan fingerprint density at radius 3 is 2.30 bits per heavy atom. The fourth-order valence-electron chi connectivity index (χ4n) is 4.31. The molecule has 176 valence electrons. The zero-order valence-electron chi connectivity index (χ0n) is 17.1. The highest BCUT2D eigenvalue weighted by molar-refractivity contribution is 5.69. The van der Waals surface area contributed by atoms with Gasteiger partial charge in [-0.3, -0.25) is 4.79 Å². The lowest BCUT2D eigenvalue weighted by molar-refractivity contribution is -0.143. The SMILES string of the molecule is O=C(O)CC1CCCc2c1cc1cc(OCc3cc(C(F)(F)F)cc(C(F)(F)F)c3)ccn21. The molecule has 0 fully saturated rings. The number of alkyl halides is 6. The normalized spacial score (nSPS) is 16.6. The Bertz CT molecular complexity index is 1160. The molecule has 1 N–H and O–H groups in total. The van der Waals surface area contributed by atoms with E-state index in [-0.39, 0.29) is 29.7 Å². The van der Waals surface area contributed by atoms with Gasteiger partial charge in [-0.15, -0.1) is 0 Å². The molecule has 3 aromatic rings. The van der Waals surface area contributed by atoms with Gasteiger partial charge in [0.15, 0.2) is 0 Å². The number of ether oxygens (including phenoxy) is 1. The number of pyridine rings is 1. The third-order valence-corrected chi connectivity index (χ3v) is 5.76. The quantitative estimate of drug-likeness (QED) is 0.435. The minimum Gasteiger partial charge on any atom is -0.489 e. The van der Waals surface area contributed by atoms with Crippen LogP contribution in [0.4, 0.5) is 26.3 Å². The van der Waals surface area contributed by atoms with Crippen molar-refractivity contribution < 1.29 is 41.0 Å². The van der Waals surface area contributed by atoms with Crippen LogP contribution in [0.2, 0.25) is 0 Å². The predicted octanol–water partition coefficient (Wildman–Crippen LogP) is 6.45. The van der Waals surface area contributed by atoms with Gasteiger partial charge >= 0.3 is 18.3 Å². The van der Waals surface area contributed by atoms with E-state index in [1.807, 2.05) is 10.5 Å². The summed E-state index contributed by atoms with van der Waals surface area (Å²) in [6, 6.07) is 6.43. The molecule has 0 radical (unpaired) electrons. The Morgan fingerprint density at radius 2 is 1.70 bits per heavy atom. The van der Waals surface area contributed by atoms with Crippen molar-refractivity contribution in [2.45, 2.75) is 50.6 Å². The Hall–Kier alpha value is -3.17. The first-order valence-corrected chi connectivity index (χ1v) is 10.2. The second kappa shape index (κ2) is 8.31. The van der Waals surface area contributed by atoms with E-state index in [9.17, 15) is 31.1 Å². The second-order valence-corrected chi connectivity index (χ2v) is 8.09. The maximum atomic E-state index is 13.0. The van der Waals surface area contributed by atoms with Crippen molar-refractivity contribution in [3.8, 4) is 5.75 Å². The van der Waals surface area contributed by atoms with Gasteiger partial charge in [-0.2, -0.15) is 26.3 Å². The number of rotatable bonds is 5. The maximum Gasteiger partial charge on any atom is 0.416 e. The lowest BCUT2D eigenvalue weighted by Crippen LogP contribution is -2.13. The van der Waals surface area contributed by atoms with Crippen LogP contribution >= 0.6 is 0 Å². The van der Waals surface area contributed by atoms with Crippen molar-refractivity contribution in [3.63, 3.8) is 0 Å². The molecule has 10 heteroatoms. The molecular formula is C23H19F6NO3. The van der Waals surface area contributed by atoms with Crippen LogP contribution in [0.15, 0.2) is 42.6 Å². The van der Waals surface area contributed by atoms with Crippen LogP contribution in [0.25, 0.3) is 5.52 Å². The largest absolute Gasteiger partial charge is 0.489 e. The van der Waals surface area contributed by atoms with E-state index in [2.05, 4.69) is 0 Å². The minimum absolute atomic E-state index is 0.0182. The Labute approximate surface area is 184 Å². The average molecular weight is 471 g/mol. The highest BCUT2D eigenvalue weighted by Gasteiger charge is 2.37. The summed E-state index contributed by atoms with van der Waals surface area (Å²) in [5, 5.41) is 9.16. The van der Waals surface area contributed by atoms with Gasteiger partial charge in [0.25, 0.3) is 0 Å².